The molecule has 1 fully saturated rings. The average Bonchev–Trinajstić information content (AvgIpc) is 3.21. The van der Waals surface area contributed by atoms with Gasteiger partial charge in [0, 0.05) is 24.3 Å². The van der Waals surface area contributed by atoms with Gasteiger partial charge in [0.05, 0.1) is 4.90 Å². The van der Waals surface area contributed by atoms with Crippen LogP contribution in [0, 0.1) is 19.7 Å². The largest absolute Gasteiger partial charge is 0.322 e. The van der Waals surface area contributed by atoms with E-state index in [4.69, 9.17) is 0 Å². The fraction of sp³-hybridized carbons (Fsp3) is 0.333. The Labute approximate surface area is 185 Å². The van der Waals surface area contributed by atoms with Gasteiger partial charge in [-0.25, -0.2) is 12.8 Å². The number of hydrogen-bond acceptors (Lipinski definition) is 6. The van der Waals surface area contributed by atoms with E-state index in [0.717, 1.165) is 19.3 Å². The Morgan fingerprint density at radius 2 is 1.81 bits per heavy atom. The summed E-state index contributed by atoms with van der Waals surface area (Å²) < 4.78 is 43.0. The summed E-state index contributed by atoms with van der Waals surface area (Å²) in [6.45, 7) is 4.31. The van der Waals surface area contributed by atoms with Gasteiger partial charge in [0.25, 0.3) is 5.91 Å². The number of rotatable bonds is 5. The molecule has 32 heavy (non-hydrogen) atoms. The molecule has 9 nitrogen and oxygen atoms in total. The predicted octanol–water partition coefficient (Wildman–Crippen LogP) is 2.85. The Balaban J connectivity index is 1.62. The first-order valence-electron chi connectivity index (χ1n) is 10.2. The van der Waals surface area contributed by atoms with E-state index in [1.165, 1.54) is 39.3 Å². The zero-order valence-electron chi connectivity index (χ0n) is 17.7. The summed E-state index contributed by atoms with van der Waals surface area (Å²) in [6, 6.07) is 8.57. The van der Waals surface area contributed by atoms with Crippen LogP contribution in [0.2, 0.25) is 0 Å². The molecular formula is C21H23FN6O3S. The standard InChI is InChI=1S/C21H23FN6O3S/c1-14-6-8-17(32(30,31)27-10-4-3-5-11-27)13-18(14)21(29)23-16-7-9-19(22)20(12-16)28-15(2)24-25-26-28/h6-9,12-13H,3-5,10-11H2,1-2H3,(H,23,29). The lowest BCUT2D eigenvalue weighted by Crippen LogP contribution is -2.35. The molecule has 3 aromatic rings. The van der Waals surface area contributed by atoms with Crippen molar-refractivity contribution in [3.05, 3.63) is 59.2 Å². The second kappa shape index (κ2) is 8.75. The van der Waals surface area contributed by atoms with Crippen LogP contribution in [-0.4, -0.2) is 51.9 Å². The number of hydrogen-bond donors (Lipinski definition) is 1. The molecule has 1 aliphatic heterocycles. The number of carbonyl (C=O) groups is 1. The minimum absolute atomic E-state index is 0.0826. The molecule has 0 spiro atoms. The molecular weight excluding hydrogens is 435 g/mol. The second-order valence-electron chi connectivity index (χ2n) is 7.70. The Morgan fingerprint density at radius 1 is 1.06 bits per heavy atom. The molecule has 0 unspecified atom stereocenters. The maximum atomic E-state index is 14.3. The molecule has 168 valence electrons. The summed E-state index contributed by atoms with van der Waals surface area (Å²) in [4.78, 5) is 13.1. The lowest BCUT2D eigenvalue weighted by molar-refractivity contribution is 0.102. The highest BCUT2D eigenvalue weighted by atomic mass is 32.2. The number of amides is 1. The van der Waals surface area contributed by atoms with Crippen molar-refractivity contribution in [1.82, 2.24) is 24.5 Å². The summed E-state index contributed by atoms with van der Waals surface area (Å²) in [5.41, 5.74) is 1.26. The number of aryl methyl sites for hydroxylation is 2. The molecule has 0 saturated carbocycles. The highest BCUT2D eigenvalue weighted by Crippen LogP contribution is 2.24. The van der Waals surface area contributed by atoms with Crippen molar-refractivity contribution in [2.75, 3.05) is 18.4 Å². The van der Waals surface area contributed by atoms with E-state index in [2.05, 4.69) is 20.8 Å². The topological polar surface area (TPSA) is 110 Å². The van der Waals surface area contributed by atoms with E-state index < -0.39 is 21.7 Å². The van der Waals surface area contributed by atoms with E-state index in [-0.39, 0.29) is 16.1 Å². The molecule has 0 aliphatic carbocycles. The molecule has 1 amide bonds. The number of tetrazole rings is 1. The number of anilines is 1. The summed E-state index contributed by atoms with van der Waals surface area (Å²) in [5.74, 6) is -0.660. The Kier molecular flexibility index (Phi) is 6.02. The quantitative estimate of drug-likeness (QED) is 0.630. The van der Waals surface area contributed by atoms with E-state index in [9.17, 15) is 17.6 Å². The van der Waals surface area contributed by atoms with Crippen LogP contribution in [-0.2, 0) is 10.0 Å². The molecule has 2 aromatic carbocycles. The highest BCUT2D eigenvalue weighted by Gasteiger charge is 2.27. The molecule has 1 aromatic heterocycles. The van der Waals surface area contributed by atoms with Crippen molar-refractivity contribution in [3.8, 4) is 5.69 Å². The number of halogens is 1. The van der Waals surface area contributed by atoms with Gasteiger partial charge in [-0.1, -0.05) is 12.5 Å². The van der Waals surface area contributed by atoms with Crippen molar-refractivity contribution in [2.24, 2.45) is 0 Å². The van der Waals surface area contributed by atoms with Crippen molar-refractivity contribution < 1.29 is 17.6 Å². The van der Waals surface area contributed by atoms with Gasteiger partial charge in [0.1, 0.15) is 11.5 Å². The SMILES string of the molecule is Cc1ccc(S(=O)(=O)N2CCCCC2)cc1C(=O)Nc1ccc(F)c(-n2nnnc2C)c1. The van der Waals surface area contributed by atoms with E-state index >= 15 is 0 Å². The zero-order chi connectivity index (χ0) is 22.9. The third-order valence-electron chi connectivity index (χ3n) is 5.46. The first kappa shape index (κ1) is 22.0. The van der Waals surface area contributed by atoms with Crippen LogP contribution in [0.5, 0.6) is 0 Å². The monoisotopic (exact) mass is 458 g/mol. The normalized spacial score (nSPS) is 15.0. The Hall–Kier alpha value is -3.18. The van der Waals surface area contributed by atoms with Crippen molar-refractivity contribution in [1.29, 1.82) is 0 Å². The number of sulfonamides is 1. The maximum Gasteiger partial charge on any atom is 0.255 e. The van der Waals surface area contributed by atoms with Gasteiger partial charge in [-0.05, 0) is 73.0 Å². The number of carbonyl (C=O) groups excluding carboxylic acids is 1. The molecule has 1 aliphatic rings. The average molecular weight is 459 g/mol. The fourth-order valence-corrected chi connectivity index (χ4v) is 5.21. The third kappa shape index (κ3) is 4.26. The third-order valence-corrected chi connectivity index (χ3v) is 7.36. The van der Waals surface area contributed by atoms with Gasteiger partial charge in [0.15, 0.2) is 5.82 Å². The van der Waals surface area contributed by atoms with Crippen LogP contribution < -0.4 is 5.32 Å². The summed E-state index contributed by atoms with van der Waals surface area (Å²) in [5, 5.41) is 13.7. The predicted molar refractivity (Wildman–Crippen MR) is 116 cm³/mol. The lowest BCUT2D eigenvalue weighted by atomic mass is 10.1. The van der Waals surface area contributed by atoms with Crippen LogP contribution in [0.25, 0.3) is 5.69 Å². The maximum absolute atomic E-state index is 14.3. The highest BCUT2D eigenvalue weighted by molar-refractivity contribution is 7.89. The van der Waals surface area contributed by atoms with Crippen molar-refractivity contribution in [2.45, 2.75) is 38.0 Å². The van der Waals surface area contributed by atoms with Crippen molar-refractivity contribution >= 4 is 21.6 Å². The molecule has 2 heterocycles. The van der Waals surface area contributed by atoms with E-state index in [1.807, 2.05) is 0 Å². The first-order chi connectivity index (χ1) is 15.3. The zero-order valence-corrected chi connectivity index (χ0v) is 18.6. The van der Waals surface area contributed by atoms with Crippen LogP contribution >= 0.6 is 0 Å². The number of piperidine rings is 1. The molecule has 0 bridgehead atoms. The number of benzene rings is 2. The van der Waals surface area contributed by atoms with Crippen LogP contribution in [0.15, 0.2) is 41.3 Å². The Bertz CT molecular complexity index is 1270. The fourth-order valence-electron chi connectivity index (χ4n) is 3.67. The lowest BCUT2D eigenvalue weighted by Gasteiger charge is -2.26. The van der Waals surface area contributed by atoms with Crippen LogP contribution in [0.4, 0.5) is 10.1 Å². The molecule has 1 saturated heterocycles. The molecule has 0 atom stereocenters. The summed E-state index contributed by atoms with van der Waals surface area (Å²) >= 11 is 0. The van der Waals surface area contributed by atoms with Gasteiger partial charge in [-0.2, -0.15) is 8.99 Å². The Morgan fingerprint density at radius 3 is 2.50 bits per heavy atom. The first-order valence-corrected chi connectivity index (χ1v) is 11.7. The van der Waals surface area contributed by atoms with Crippen LogP contribution in [0.1, 0.15) is 41.0 Å². The van der Waals surface area contributed by atoms with Crippen molar-refractivity contribution in [3.63, 3.8) is 0 Å². The number of aromatic nitrogens is 4. The molecule has 11 heteroatoms. The van der Waals surface area contributed by atoms with Crippen LogP contribution in [0.3, 0.4) is 0 Å². The minimum Gasteiger partial charge on any atom is -0.322 e. The van der Waals surface area contributed by atoms with Gasteiger partial charge >= 0.3 is 0 Å². The van der Waals surface area contributed by atoms with Gasteiger partial charge in [-0.15, -0.1) is 5.10 Å². The minimum atomic E-state index is -3.68. The number of nitrogens with zero attached hydrogens (tertiary/aromatic N) is 5. The summed E-state index contributed by atoms with van der Waals surface area (Å²) in [7, 11) is -3.68. The van der Waals surface area contributed by atoms with Gasteiger partial charge in [-0.3, -0.25) is 4.79 Å². The molecule has 1 N–H and O–H groups in total. The second-order valence-corrected chi connectivity index (χ2v) is 9.64. The van der Waals surface area contributed by atoms with Gasteiger partial charge < -0.3 is 5.32 Å². The molecule has 0 radical (unpaired) electrons. The smallest absolute Gasteiger partial charge is 0.255 e. The number of nitrogens with one attached hydrogen (secondary N) is 1. The summed E-state index contributed by atoms with van der Waals surface area (Å²) in [6.07, 6.45) is 2.66. The van der Waals surface area contributed by atoms with Gasteiger partial charge in [0.2, 0.25) is 10.0 Å². The van der Waals surface area contributed by atoms with E-state index in [0.29, 0.717) is 30.2 Å². The molecule has 4 rings (SSSR count). The van der Waals surface area contributed by atoms with E-state index in [1.54, 1.807) is 19.9 Å².